The number of rotatable bonds is 15. The van der Waals surface area contributed by atoms with Crippen LogP contribution in [0.3, 0.4) is 0 Å². The first-order chi connectivity index (χ1) is 18.1. The molecule has 0 spiro atoms. The average molecular weight is 535 g/mol. The Hall–Kier alpha value is -4.21. The molecule has 0 saturated carbocycles. The molecule has 208 valence electrons. The SMILES string of the molecule is NC(N)=NCCCC(NC(=O)C(N)CO)C(=O)NC(Cc1c[nH]c2ccccc12)C(=O)NC(CO)C(=O)O. The van der Waals surface area contributed by atoms with Crippen LogP contribution in [0.25, 0.3) is 10.9 Å². The summed E-state index contributed by atoms with van der Waals surface area (Å²) >= 11 is 0. The number of para-hydroxylation sites is 1. The summed E-state index contributed by atoms with van der Waals surface area (Å²) in [6.07, 6.45) is 1.95. The molecule has 15 nitrogen and oxygen atoms in total. The fourth-order valence-corrected chi connectivity index (χ4v) is 3.59. The minimum Gasteiger partial charge on any atom is -0.480 e. The Morgan fingerprint density at radius 3 is 2.18 bits per heavy atom. The van der Waals surface area contributed by atoms with Crippen molar-refractivity contribution < 1.29 is 34.5 Å². The average Bonchev–Trinajstić information content (AvgIpc) is 3.30. The minimum absolute atomic E-state index is 0.0375. The number of aliphatic imine (C=N–C) groups is 1. The molecule has 1 aromatic heterocycles. The molecular formula is C23H34N8O7. The number of aromatic amines is 1. The van der Waals surface area contributed by atoms with Crippen molar-refractivity contribution in [2.75, 3.05) is 19.8 Å². The third-order valence-electron chi connectivity index (χ3n) is 5.64. The van der Waals surface area contributed by atoms with Gasteiger partial charge in [-0.05, 0) is 24.5 Å². The number of aromatic nitrogens is 1. The summed E-state index contributed by atoms with van der Waals surface area (Å²) in [6.45, 7) is -1.36. The molecule has 0 aliphatic carbocycles. The molecule has 1 heterocycles. The van der Waals surface area contributed by atoms with E-state index < -0.39 is 61.1 Å². The second-order valence-electron chi connectivity index (χ2n) is 8.51. The number of aliphatic carboxylic acids is 1. The lowest BCUT2D eigenvalue weighted by atomic mass is 10.0. The fourth-order valence-electron chi connectivity index (χ4n) is 3.59. The number of carbonyl (C=O) groups excluding carboxylic acids is 3. The van der Waals surface area contributed by atoms with E-state index in [9.17, 15) is 34.5 Å². The Labute approximate surface area is 217 Å². The molecule has 0 aliphatic rings. The molecule has 0 saturated heterocycles. The number of nitrogens with zero attached hydrogens (tertiary/aromatic N) is 1. The van der Waals surface area contributed by atoms with Crippen LogP contribution in [-0.4, -0.2) is 93.9 Å². The number of nitrogens with one attached hydrogen (secondary N) is 4. The van der Waals surface area contributed by atoms with E-state index in [1.54, 1.807) is 12.3 Å². The van der Waals surface area contributed by atoms with E-state index >= 15 is 0 Å². The zero-order valence-corrected chi connectivity index (χ0v) is 20.6. The van der Waals surface area contributed by atoms with Gasteiger partial charge in [-0.1, -0.05) is 18.2 Å². The van der Waals surface area contributed by atoms with Crippen LogP contribution < -0.4 is 33.2 Å². The number of carboxylic acid groups (broad SMARTS) is 1. The topological polar surface area (TPSA) is 271 Å². The number of H-pyrrole nitrogens is 1. The number of nitrogens with two attached hydrogens (primary N) is 3. The van der Waals surface area contributed by atoms with Crippen molar-refractivity contribution in [1.29, 1.82) is 0 Å². The highest BCUT2D eigenvalue weighted by molar-refractivity contribution is 5.95. The number of aliphatic hydroxyl groups excluding tert-OH is 2. The normalized spacial score (nSPS) is 14.1. The predicted octanol–water partition coefficient (Wildman–Crippen LogP) is -3.39. The van der Waals surface area contributed by atoms with Crippen LogP contribution in [-0.2, 0) is 25.6 Å². The smallest absolute Gasteiger partial charge is 0.328 e. The van der Waals surface area contributed by atoms with Crippen molar-refractivity contribution in [3.63, 3.8) is 0 Å². The van der Waals surface area contributed by atoms with Gasteiger partial charge < -0.3 is 53.5 Å². The highest BCUT2D eigenvalue weighted by Crippen LogP contribution is 2.19. The zero-order chi connectivity index (χ0) is 28.2. The van der Waals surface area contributed by atoms with Crippen molar-refractivity contribution in [2.45, 2.75) is 43.4 Å². The van der Waals surface area contributed by atoms with E-state index in [1.807, 2.05) is 18.2 Å². The van der Waals surface area contributed by atoms with Crippen molar-refractivity contribution >= 4 is 40.6 Å². The zero-order valence-electron chi connectivity index (χ0n) is 20.6. The van der Waals surface area contributed by atoms with Gasteiger partial charge in [0.25, 0.3) is 0 Å². The number of fused-ring (bicyclic) bond motifs is 1. The maximum atomic E-state index is 13.2. The van der Waals surface area contributed by atoms with Gasteiger partial charge in [0, 0.05) is 30.1 Å². The summed E-state index contributed by atoms with van der Waals surface area (Å²) < 4.78 is 0. The van der Waals surface area contributed by atoms with E-state index in [0.717, 1.165) is 10.9 Å². The molecular weight excluding hydrogens is 500 g/mol. The lowest BCUT2D eigenvalue weighted by molar-refractivity contribution is -0.143. The number of amides is 3. The van der Waals surface area contributed by atoms with Gasteiger partial charge in [0.15, 0.2) is 5.96 Å². The molecule has 0 aliphatic heterocycles. The second-order valence-corrected chi connectivity index (χ2v) is 8.51. The number of aliphatic hydroxyl groups is 2. The van der Waals surface area contributed by atoms with Gasteiger partial charge in [-0.2, -0.15) is 0 Å². The van der Waals surface area contributed by atoms with Gasteiger partial charge in [-0.15, -0.1) is 0 Å². The molecule has 0 bridgehead atoms. The summed E-state index contributed by atoms with van der Waals surface area (Å²) in [4.78, 5) is 56.8. The molecule has 15 heteroatoms. The number of benzene rings is 1. The maximum Gasteiger partial charge on any atom is 0.328 e. The van der Waals surface area contributed by atoms with E-state index in [0.29, 0.717) is 5.56 Å². The Morgan fingerprint density at radius 2 is 1.55 bits per heavy atom. The lowest BCUT2D eigenvalue weighted by Gasteiger charge is -2.25. The molecule has 13 N–H and O–H groups in total. The summed E-state index contributed by atoms with van der Waals surface area (Å²) in [6, 6.07) is 1.92. The van der Waals surface area contributed by atoms with Crippen LogP contribution in [0, 0.1) is 0 Å². The van der Waals surface area contributed by atoms with Crippen molar-refractivity contribution in [3.8, 4) is 0 Å². The Kier molecular flexibility index (Phi) is 11.5. The quantitative estimate of drug-likeness (QED) is 0.0614. The number of carboxylic acids is 1. The molecule has 2 rings (SSSR count). The first-order valence-corrected chi connectivity index (χ1v) is 11.8. The molecule has 0 fully saturated rings. The van der Waals surface area contributed by atoms with Gasteiger partial charge in [0.05, 0.1) is 13.2 Å². The van der Waals surface area contributed by atoms with Crippen molar-refractivity contribution in [3.05, 3.63) is 36.0 Å². The Balaban J connectivity index is 2.29. The van der Waals surface area contributed by atoms with Gasteiger partial charge in [-0.3, -0.25) is 19.4 Å². The van der Waals surface area contributed by atoms with Gasteiger partial charge in [0.1, 0.15) is 24.2 Å². The van der Waals surface area contributed by atoms with Crippen LogP contribution in [0.1, 0.15) is 18.4 Å². The fraction of sp³-hybridized carbons (Fsp3) is 0.435. The lowest BCUT2D eigenvalue weighted by Crippen LogP contribution is -2.58. The van der Waals surface area contributed by atoms with Gasteiger partial charge in [-0.25, -0.2) is 4.79 Å². The van der Waals surface area contributed by atoms with Crippen molar-refractivity contribution in [2.24, 2.45) is 22.2 Å². The number of guanidine groups is 1. The third kappa shape index (κ3) is 8.72. The van der Waals surface area contributed by atoms with Crippen molar-refractivity contribution in [1.82, 2.24) is 20.9 Å². The summed E-state index contributed by atoms with van der Waals surface area (Å²) in [5.41, 5.74) is 17.6. The summed E-state index contributed by atoms with van der Waals surface area (Å²) in [7, 11) is 0. The van der Waals surface area contributed by atoms with E-state index in [-0.39, 0.29) is 31.8 Å². The predicted molar refractivity (Wildman–Crippen MR) is 137 cm³/mol. The first-order valence-electron chi connectivity index (χ1n) is 11.8. The molecule has 38 heavy (non-hydrogen) atoms. The molecule has 0 radical (unpaired) electrons. The monoisotopic (exact) mass is 534 g/mol. The van der Waals surface area contributed by atoms with Crippen LogP contribution in [0.2, 0.25) is 0 Å². The van der Waals surface area contributed by atoms with Gasteiger partial charge in [0.2, 0.25) is 17.7 Å². The molecule has 4 unspecified atom stereocenters. The van der Waals surface area contributed by atoms with Crippen LogP contribution in [0.5, 0.6) is 0 Å². The molecule has 4 atom stereocenters. The van der Waals surface area contributed by atoms with Gasteiger partial charge >= 0.3 is 5.97 Å². The van der Waals surface area contributed by atoms with E-state index in [4.69, 9.17) is 17.2 Å². The molecule has 2 aromatic rings. The largest absolute Gasteiger partial charge is 0.480 e. The highest BCUT2D eigenvalue weighted by Gasteiger charge is 2.30. The van der Waals surface area contributed by atoms with E-state index in [2.05, 4.69) is 25.9 Å². The molecule has 3 amide bonds. The third-order valence-corrected chi connectivity index (χ3v) is 5.64. The molecule has 1 aromatic carbocycles. The summed E-state index contributed by atoms with van der Waals surface area (Å²) in [5.74, 6) is -4.02. The van der Waals surface area contributed by atoms with Crippen LogP contribution >= 0.6 is 0 Å². The van der Waals surface area contributed by atoms with Crippen LogP contribution in [0.4, 0.5) is 0 Å². The number of carbonyl (C=O) groups is 4. The highest BCUT2D eigenvalue weighted by atomic mass is 16.4. The second kappa shape index (κ2) is 14.5. The summed E-state index contributed by atoms with van der Waals surface area (Å²) in [5, 5.41) is 35.7. The Bertz CT molecular complexity index is 1150. The van der Waals surface area contributed by atoms with E-state index in [1.165, 1.54) is 0 Å². The number of hydrogen-bond donors (Lipinski definition) is 10. The van der Waals surface area contributed by atoms with Crippen LogP contribution in [0.15, 0.2) is 35.5 Å². The minimum atomic E-state index is -1.59. The maximum absolute atomic E-state index is 13.2. The first kappa shape index (κ1) is 30.0. The Morgan fingerprint density at radius 1 is 0.921 bits per heavy atom. The number of hydrogen-bond acceptors (Lipinski definition) is 8. The standard InChI is InChI=1S/C23H34N8O7/c24-14(10-32)19(34)29-16(6-3-7-27-23(25)26)20(35)30-17(21(36)31-18(11-33)22(37)38)8-12-9-28-15-5-2-1-4-13(12)15/h1-2,4-5,9,14,16-18,28,32-33H,3,6-8,10-11,24H2,(H,29,34)(H,30,35)(H,31,36)(H,37,38)(H4,25,26,27).